The maximum atomic E-state index is 11.8. The molecule has 3 rings (SSSR count). The summed E-state index contributed by atoms with van der Waals surface area (Å²) in [6.07, 6.45) is 0.758. The van der Waals surface area contributed by atoms with Gasteiger partial charge in [-0.3, -0.25) is 14.8 Å². The first-order valence-electron chi connectivity index (χ1n) is 6.72. The molecule has 0 saturated carbocycles. The monoisotopic (exact) mass is 341 g/mol. The molecule has 2 aliphatic heterocycles. The highest BCUT2D eigenvalue weighted by atomic mass is 32.2. The summed E-state index contributed by atoms with van der Waals surface area (Å²) in [7, 11) is 0. The van der Waals surface area contributed by atoms with E-state index < -0.39 is 12.0 Å². The van der Waals surface area contributed by atoms with Crippen LogP contribution in [0, 0.1) is 0 Å². The van der Waals surface area contributed by atoms with Gasteiger partial charge in [-0.25, -0.2) is 9.78 Å². The number of aliphatic carboxylic acids is 1. The molecule has 0 bridgehead atoms. The summed E-state index contributed by atoms with van der Waals surface area (Å²) >= 11 is 2.85. The number of carbonyl (C=O) groups excluding carboxylic acids is 1. The van der Waals surface area contributed by atoms with Crippen molar-refractivity contribution < 1.29 is 14.7 Å². The molecule has 118 valence electrons. The number of carboxylic acid groups (broad SMARTS) is 1. The standard InChI is InChI=1S/C12H15N5O3S2/c1-2-6-14-12(16-15-6)22-4-5-3-21-10-7(13)9(18)17(10)8(5)11(19)20/h7,10H,2-4,13H2,1H3,(H,19,20)(H,14,15,16)/t7?,10-/m1/s1. The Labute approximate surface area is 134 Å². The van der Waals surface area contributed by atoms with E-state index in [2.05, 4.69) is 15.2 Å². The largest absolute Gasteiger partial charge is 0.477 e. The Bertz CT molecular complexity index is 659. The number of amides is 1. The first kappa shape index (κ1) is 15.4. The molecular formula is C12H15N5O3S2. The van der Waals surface area contributed by atoms with Crippen LogP contribution in [0.4, 0.5) is 0 Å². The zero-order valence-electron chi connectivity index (χ0n) is 11.8. The van der Waals surface area contributed by atoms with E-state index >= 15 is 0 Å². The molecule has 22 heavy (non-hydrogen) atoms. The molecule has 1 fully saturated rings. The SMILES string of the molecule is CCc1nc(SCC2=C(C(=O)O)N3C(=O)C(N)[C@H]3SC2)n[nH]1. The number of aromatic nitrogens is 3. The highest BCUT2D eigenvalue weighted by Gasteiger charge is 2.51. The number of hydrogen-bond acceptors (Lipinski definition) is 7. The molecule has 4 N–H and O–H groups in total. The second kappa shape index (κ2) is 5.94. The van der Waals surface area contributed by atoms with Gasteiger partial charge < -0.3 is 10.8 Å². The number of hydrogen-bond donors (Lipinski definition) is 3. The van der Waals surface area contributed by atoms with Crippen LogP contribution in [0.15, 0.2) is 16.4 Å². The van der Waals surface area contributed by atoms with Crippen LogP contribution in [-0.2, 0) is 16.0 Å². The van der Waals surface area contributed by atoms with Gasteiger partial charge in [-0.15, -0.1) is 16.9 Å². The van der Waals surface area contributed by atoms with E-state index in [0.717, 1.165) is 12.2 Å². The van der Waals surface area contributed by atoms with Crippen molar-refractivity contribution in [3.8, 4) is 0 Å². The molecule has 2 atom stereocenters. The lowest BCUT2D eigenvalue weighted by molar-refractivity contribution is -0.147. The highest BCUT2D eigenvalue weighted by Crippen LogP contribution is 2.40. The Morgan fingerprint density at radius 2 is 2.41 bits per heavy atom. The molecule has 2 aliphatic rings. The average Bonchev–Trinajstić information content (AvgIpc) is 2.99. The maximum Gasteiger partial charge on any atom is 0.352 e. The Morgan fingerprint density at radius 1 is 1.64 bits per heavy atom. The molecule has 1 aromatic heterocycles. The fourth-order valence-corrected chi connectivity index (χ4v) is 4.59. The lowest BCUT2D eigenvalue weighted by Gasteiger charge is -2.48. The van der Waals surface area contributed by atoms with E-state index in [-0.39, 0.29) is 17.0 Å². The average molecular weight is 341 g/mol. The summed E-state index contributed by atoms with van der Waals surface area (Å²) < 4.78 is 0. The van der Waals surface area contributed by atoms with Crippen molar-refractivity contribution in [2.45, 2.75) is 29.9 Å². The van der Waals surface area contributed by atoms with Gasteiger partial charge in [0.05, 0.1) is 0 Å². The predicted molar refractivity (Wildman–Crippen MR) is 82.2 cm³/mol. The van der Waals surface area contributed by atoms with E-state index in [1.165, 1.54) is 28.4 Å². The number of nitrogens with zero attached hydrogens (tertiary/aromatic N) is 3. The number of H-pyrrole nitrogens is 1. The van der Waals surface area contributed by atoms with Crippen molar-refractivity contribution in [3.63, 3.8) is 0 Å². The molecule has 0 aliphatic carbocycles. The van der Waals surface area contributed by atoms with Crippen LogP contribution in [0.3, 0.4) is 0 Å². The molecule has 0 spiro atoms. The Balaban J connectivity index is 1.78. The molecular weight excluding hydrogens is 326 g/mol. The molecule has 1 amide bonds. The third kappa shape index (κ3) is 2.50. The summed E-state index contributed by atoms with van der Waals surface area (Å²) in [5.74, 6) is 0.342. The fraction of sp³-hybridized carbons (Fsp3) is 0.500. The van der Waals surface area contributed by atoms with E-state index in [1.54, 1.807) is 0 Å². The fourth-order valence-electron chi connectivity index (χ4n) is 2.34. The lowest BCUT2D eigenvalue weighted by Crippen LogP contribution is -2.68. The van der Waals surface area contributed by atoms with Gasteiger partial charge in [0.25, 0.3) is 0 Å². The summed E-state index contributed by atoms with van der Waals surface area (Å²) in [5, 5.41) is 16.6. The molecule has 3 heterocycles. The quantitative estimate of drug-likeness (QED) is 0.506. The van der Waals surface area contributed by atoms with Crippen molar-refractivity contribution in [1.29, 1.82) is 0 Å². The van der Waals surface area contributed by atoms with Crippen LogP contribution in [0.5, 0.6) is 0 Å². The first-order valence-corrected chi connectivity index (χ1v) is 8.76. The van der Waals surface area contributed by atoms with Crippen LogP contribution >= 0.6 is 23.5 Å². The smallest absolute Gasteiger partial charge is 0.352 e. The molecule has 0 aromatic carbocycles. The van der Waals surface area contributed by atoms with Crippen molar-refractivity contribution >= 4 is 35.4 Å². The van der Waals surface area contributed by atoms with E-state index in [1.807, 2.05) is 6.92 Å². The lowest BCUT2D eigenvalue weighted by atomic mass is 10.0. The van der Waals surface area contributed by atoms with Gasteiger partial charge >= 0.3 is 5.97 Å². The first-order chi connectivity index (χ1) is 10.5. The number of carbonyl (C=O) groups is 2. The van der Waals surface area contributed by atoms with Gasteiger partial charge in [0.1, 0.15) is 22.9 Å². The second-order valence-corrected chi connectivity index (χ2v) is 6.95. The van der Waals surface area contributed by atoms with Crippen molar-refractivity contribution in [1.82, 2.24) is 20.1 Å². The number of thioether (sulfide) groups is 2. The Kier molecular flexibility index (Phi) is 4.15. The maximum absolute atomic E-state index is 11.8. The topological polar surface area (TPSA) is 125 Å². The number of fused-ring (bicyclic) bond motifs is 1. The van der Waals surface area contributed by atoms with Crippen molar-refractivity contribution in [3.05, 3.63) is 17.1 Å². The number of β-lactam (4-membered cyclic amide) rings is 1. The van der Waals surface area contributed by atoms with Crippen molar-refractivity contribution in [2.75, 3.05) is 11.5 Å². The predicted octanol–water partition coefficient (Wildman–Crippen LogP) is 0.0403. The van der Waals surface area contributed by atoms with E-state index in [9.17, 15) is 14.7 Å². The molecule has 10 heteroatoms. The van der Waals surface area contributed by atoms with E-state index in [0.29, 0.717) is 22.2 Å². The minimum absolute atomic E-state index is 0.0641. The molecule has 1 aromatic rings. The minimum atomic E-state index is -1.09. The van der Waals surface area contributed by atoms with Gasteiger partial charge in [-0.2, -0.15) is 0 Å². The number of rotatable bonds is 5. The van der Waals surface area contributed by atoms with Crippen LogP contribution in [0.1, 0.15) is 12.7 Å². The third-order valence-corrected chi connectivity index (χ3v) is 5.81. The second-order valence-electron chi connectivity index (χ2n) is 4.90. The van der Waals surface area contributed by atoms with Crippen LogP contribution in [-0.4, -0.2) is 60.0 Å². The van der Waals surface area contributed by atoms with Gasteiger partial charge in [0.2, 0.25) is 11.1 Å². The Morgan fingerprint density at radius 3 is 3.05 bits per heavy atom. The number of aryl methyl sites for hydroxylation is 1. The van der Waals surface area contributed by atoms with Gasteiger partial charge in [-0.1, -0.05) is 18.7 Å². The van der Waals surface area contributed by atoms with Gasteiger partial charge in [-0.05, 0) is 5.57 Å². The summed E-state index contributed by atoms with van der Waals surface area (Å²) in [6, 6.07) is -0.603. The Hall–Kier alpha value is -1.52. The van der Waals surface area contributed by atoms with Crippen molar-refractivity contribution in [2.24, 2.45) is 5.73 Å². The summed E-state index contributed by atoms with van der Waals surface area (Å²) in [6.45, 7) is 1.97. The molecule has 1 unspecified atom stereocenters. The van der Waals surface area contributed by atoms with Crippen LogP contribution in [0.25, 0.3) is 0 Å². The minimum Gasteiger partial charge on any atom is -0.477 e. The summed E-state index contributed by atoms with van der Waals surface area (Å²) in [5.41, 5.74) is 6.47. The normalized spacial score (nSPS) is 24.3. The van der Waals surface area contributed by atoms with Gasteiger partial charge in [0, 0.05) is 17.9 Å². The number of nitrogens with one attached hydrogen (secondary N) is 1. The number of nitrogens with two attached hydrogens (primary N) is 1. The summed E-state index contributed by atoms with van der Waals surface area (Å²) in [4.78, 5) is 28.9. The number of carboxylic acids is 1. The van der Waals surface area contributed by atoms with E-state index in [4.69, 9.17) is 5.73 Å². The number of aromatic amines is 1. The van der Waals surface area contributed by atoms with Crippen LogP contribution in [0.2, 0.25) is 0 Å². The molecule has 8 nitrogen and oxygen atoms in total. The zero-order valence-corrected chi connectivity index (χ0v) is 13.4. The van der Waals surface area contributed by atoms with Crippen LogP contribution < -0.4 is 5.73 Å². The third-order valence-electron chi connectivity index (χ3n) is 3.51. The highest BCUT2D eigenvalue weighted by molar-refractivity contribution is 8.01. The zero-order chi connectivity index (χ0) is 15.9. The molecule has 1 saturated heterocycles. The van der Waals surface area contributed by atoms with Gasteiger partial charge in [0.15, 0.2) is 0 Å². The molecule has 0 radical (unpaired) electrons.